The third kappa shape index (κ3) is 8.02. The SMILES string of the molecule is CC(C)CN(c1ccc(CC[C@H](C)NC(=O)c2ccccc2O[C@H]2CCOC2)cc1O)S(=O)(=O)c1ccc([N+](=O)[O-])cc1. The molecule has 0 spiro atoms. The number of aryl methyl sites for hydroxylation is 1. The number of phenolic OH excluding ortho intramolecular Hbond substituents is 1. The lowest BCUT2D eigenvalue weighted by Gasteiger charge is -2.27. The highest BCUT2D eigenvalue weighted by atomic mass is 32.2. The molecule has 43 heavy (non-hydrogen) atoms. The molecule has 1 aliphatic rings. The molecule has 1 heterocycles. The van der Waals surface area contributed by atoms with Gasteiger partial charge in [0.2, 0.25) is 0 Å². The predicted octanol–water partition coefficient (Wildman–Crippen LogP) is 5.07. The van der Waals surface area contributed by atoms with E-state index in [9.17, 15) is 28.4 Å². The standard InChI is InChI=1S/C31H37N3O8S/c1-21(2)19-33(43(39,40)26-13-11-24(12-14-26)34(37)38)28-15-10-23(18-29(28)35)9-8-22(3)32-31(36)27-6-4-5-7-30(27)42-25-16-17-41-20-25/h4-7,10-15,18,21-22,25,35H,8-9,16-17,19-20H2,1-3H3,(H,32,36)/t22-,25-/m0/s1. The van der Waals surface area contributed by atoms with Crippen molar-refractivity contribution in [1.82, 2.24) is 5.32 Å². The number of aromatic hydroxyl groups is 1. The molecule has 0 unspecified atom stereocenters. The molecule has 11 nitrogen and oxygen atoms in total. The average Bonchev–Trinajstić information content (AvgIpc) is 3.48. The van der Waals surface area contributed by atoms with Crippen molar-refractivity contribution in [2.75, 3.05) is 24.1 Å². The molecular weight excluding hydrogens is 574 g/mol. The van der Waals surface area contributed by atoms with Gasteiger partial charge in [0.25, 0.3) is 21.6 Å². The number of amides is 1. The fraction of sp³-hybridized carbons (Fsp3) is 0.387. The van der Waals surface area contributed by atoms with Crippen molar-refractivity contribution in [2.24, 2.45) is 5.92 Å². The summed E-state index contributed by atoms with van der Waals surface area (Å²) < 4.78 is 39.5. The normalized spacial score (nSPS) is 15.7. The van der Waals surface area contributed by atoms with Crippen LogP contribution in [0.25, 0.3) is 0 Å². The van der Waals surface area contributed by atoms with Crippen LogP contribution in [-0.2, 0) is 21.2 Å². The number of non-ortho nitro benzene ring substituents is 1. The zero-order valence-electron chi connectivity index (χ0n) is 24.4. The van der Waals surface area contributed by atoms with E-state index in [2.05, 4.69) is 5.32 Å². The van der Waals surface area contributed by atoms with Crippen LogP contribution in [0.2, 0.25) is 0 Å². The maximum Gasteiger partial charge on any atom is 0.269 e. The van der Waals surface area contributed by atoms with Crippen molar-refractivity contribution in [2.45, 2.75) is 57.1 Å². The number of rotatable bonds is 13. The number of nitro groups is 1. The molecule has 2 atom stereocenters. The van der Waals surface area contributed by atoms with E-state index in [1.807, 2.05) is 26.8 Å². The van der Waals surface area contributed by atoms with E-state index in [0.717, 1.165) is 28.4 Å². The van der Waals surface area contributed by atoms with E-state index in [-0.39, 0.29) is 52.5 Å². The molecule has 0 aliphatic carbocycles. The third-order valence-corrected chi connectivity index (χ3v) is 8.83. The molecule has 3 aromatic carbocycles. The second-order valence-corrected chi connectivity index (χ2v) is 12.9. The Morgan fingerprint density at radius 1 is 1.14 bits per heavy atom. The van der Waals surface area contributed by atoms with Crippen molar-refractivity contribution >= 4 is 27.3 Å². The van der Waals surface area contributed by atoms with Crippen LogP contribution in [0.5, 0.6) is 11.5 Å². The van der Waals surface area contributed by atoms with E-state index >= 15 is 0 Å². The number of carbonyl (C=O) groups excluding carboxylic acids is 1. The van der Waals surface area contributed by atoms with Gasteiger partial charge in [0.1, 0.15) is 17.6 Å². The molecule has 2 N–H and O–H groups in total. The zero-order valence-corrected chi connectivity index (χ0v) is 25.2. The van der Waals surface area contributed by atoms with E-state index < -0.39 is 14.9 Å². The summed E-state index contributed by atoms with van der Waals surface area (Å²) in [6.45, 7) is 6.82. The molecule has 1 aliphatic heterocycles. The zero-order chi connectivity index (χ0) is 31.1. The van der Waals surface area contributed by atoms with Gasteiger partial charge < -0.3 is 19.9 Å². The van der Waals surface area contributed by atoms with Crippen molar-refractivity contribution in [3.63, 3.8) is 0 Å². The van der Waals surface area contributed by atoms with Crippen molar-refractivity contribution < 1.29 is 32.7 Å². The maximum absolute atomic E-state index is 13.5. The van der Waals surface area contributed by atoms with Crippen molar-refractivity contribution in [3.8, 4) is 11.5 Å². The molecule has 0 saturated carbocycles. The molecule has 1 amide bonds. The topological polar surface area (TPSA) is 148 Å². The molecule has 12 heteroatoms. The Hall–Kier alpha value is -4.16. The summed E-state index contributed by atoms with van der Waals surface area (Å²) in [5.41, 5.74) is 1.11. The van der Waals surface area contributed by atoms with Gasteiger partial charge in [0.05, 0.1) is 34.3 Å². The smallest absolute Gasteiger partial charge is 0.269 e. The minimum atomic E-state index is -4.12. The molecule has 4 rings (SSSR count). The van der Waals surface area contributed by atoms with Gasteiger partial charge in [0.15, 0.2) is 0 Å². The van der Waals surface area contributed by atoms with Crippen LogP contribution in [0.3, 0.4) is 0 Å². The number of phenols is 1. The van der Waals surface area contributed by atoms with Crippen LogP contribution in [0.4, 0.5) is 11.4 Å². The second-order valence-electron chi connectivity index (χ2n) is 11.0. The Labute approximate surface area is 251 Å². The van der Waals surface area contributed by atoms with Crippen LogP contribution >= 0.6 is 0 Å². The van der Waals surface area contributed by atoms with Crippen LogP contribution in [0.1, 0.15) is 49.5 Å². The number of anilines is 1. The summed E-state index contributed by atoms with van der Waals surface area (Å²) in [6, 6.07) is 16.4. The molecule has 3 aromatic rings. The first kappa shape index (κ1) is 31.8. The summed E-state index contributed by atoms with van der Waals surface area (Å²) in [5.74, 6) is -0.0143. The number of nitrogens with zero attached hydrogens (tertiary/aromatic N) is 2. The minimum Gasteiger partial charge on any atom is -0.506 e. The number of hydrogen-bond acceptors (Lipinski definition) is 8. The van der Waals surface area contributed by atoms with Gasteiger partial charge in [-0.05, 0) is 67.6 Å². The molecule has 0 radical (unpaired) electrons. The van der Waals surface area contributed by atoms with E-state index in [1.165, 1.54) is 18.2 Å². The molecule has 1 fully saturated rings. The van der Waals surface area contributed by atoms with Gasteiger partial charge in [-0.15, -0.1) is 0 Å². The third-order valence-electron chi connectivity index (χ3n) is 7.03. The highest BCUT2D eigenvalue weighted by Crippen LogP contribution is 2.34. The quantitative estimate of drug-likeness (QED) is 0.201. The van der Waals surface area contributed by atoms with E-state index in [0.29, 0.717) is 37.4 Å². The average molecular weight is 612 g/mol. The fourth-order valence-electron chi connectivity index (χ4n) is 4.76. The fourth-order valence-corrected chi connectivity index (χ4v) is 6.40. The molecule has 0 aromatic heterocycles. The van der Waals surface area contributed by atoms with Gasteiger partial charge in [-0.3, -0.25) is 19.2 Å². The minimum absolute atomic E-state index is 0.0709. The predicted molar refractivity (Wildman–Crippen MR) is 162 cm³/mol. The first-order valence-corrected chi connectivity index (χ1v) is 15.6. The largest absolute Gasteiger partial charge is 0.506 e. The maximum atomic E-state index is 13.5. The second kappa shape index (κ2) is 13.9. The first-order chi connectivity index (χ1) is 20.5. The number of sulfonamides is 1. The summed E-state index contributed by atoms with van der Waals surface area (Å²) in [4.78, 5) is 23.3. The highest BCUT2D eigenvalue weighted by Gasteiger charge is 2.28. The lowest BCUT2D eigenvalue weighted by molar-refractivity contribution is -0.384. The van der Waals surface area contributed by atoms with Crippen molar-refractivity contribution in [3.05, 3.63) is 88.0 Å². The first-order valence-electron chi connectivity index (χ1n) is 14.2. The Kier molecular flexibility index (Phi) is 10.3. The van der Waals surface area contributed by atoms with Gasteiger partial charge in [-0.25, -0.2) is 8.42 Å². The summed E-state index contributed by atoms with van der Waals surface area (Å²) in [6.07, 6.45) is 1.78. The Bertz CT molecular complexity index is 1540. The summed E-state index contributed by atoms with van der Waals surface area (Å²) in [7, 11) is -4.12. The van der Waals surface area contributed by atoms with Gasteiger partial charge in [-0.2, -0.15) is 0 Å². The summed E-state index contributed by atoms with van der Waals surface area (Å²) in [5, 5.41) is 24.9. The molecule has 0 bridgehead atoms. The monoisotopic (exact) mass is 611 g/mol. The molecular formula is C31H37N3O8S. The van der Waals surface area contributed by atoms with Crippen LogP contribution < -0.4 is 14.4 Å². The highest BCUT2D eigenvalue weighted by molar-refractivity contribution is 7.92. The van der Waals surface area contributed by atoms with Gasteiger partial charge in [0, 0.05) is 31.1 Å². The van der Waals surface area contributed by atoms with Gasteiger partial charge >= 0.3 is 0 Å². The number of nitrogens with one attached hydrogen (secondary N) is 1. The Morgan fingerprint density at radius 3 is 2.49 bits per heavy atom. The number of nitro benzene ring substituents is 1. The number of ether oxygens (including phenoxy) is 2. The van der Waals surface area contributed by atoms with Gasteiger partial charge in [-0.1, -0.05) is 32.0 Å². The van der Waals surface area contributed by atoms with E-state index in [1.54, 1.807) is 30.3 Å². The lowest BCUT2D eigenvalue weighted by Crippen LogP contribution is -2.34. The van der Waals surface area contributed by atoms with Crippen LogP contribution in [0, 0.1) is 16.0 Å². The number of carbonyl (C=O) groups is 1. The van der Waals surface area contributed by atoms with E-state index in [4.69, 9.17) is 9.47 Å². The Balaban J connectivity index is 1.43. The summed E-state index contributed by atoms with van der Waals surface area (Å²) >= 11 is 0. The number of benzene rings is 3. The lowest BCUT2D eigenvalue weighted by atomic mass is 10.0. The van der Waals surface area contributed by atoms with Crippen molar-refractivity contribution in [1.29, 1.82) is 0 Å². The number of para-hydroxylation sites is 1. The van der Waals surface area contributed by atoms with Crippen LogP contribution in [0.15, 0.2) is 71.6 Å². The Morgan fingerprint density at radius 2 is 1.86 bits per heavy atom. The molecule has 230 valence electrons. The van der Waals surface area contributed by atoms with Crippen LogP contribution in [-0.4, -0.2) is 56.3 Å². The molecule has 1 saturated heterocycles. The number of hydrogen-bond donors (Lipinski definition) is 2.